The number of carbonyl (C=O) groups excluding carboxylic acids is 2. The van der Waals surface area contributed by atoms with Crippen LogP contribution in [0.3, 0.4) is 0 Å². The van der Waals surface area contributed by atoms with Crippen LogP contribution in [0.15, 0.2) is 30.9 Å². The molecule has 1 N–H and O–H groups in total. The number of halogens is 1. The lowest BCUT2D eigenvalue weighted by molar-refractivity contribution is -0.387. The molecule has 0 saturated heterocycles. The Morgan fingerprint density at radius 3 is 2.64 bits per heavy atom. The summed E-state index contributed by atoms with van der Waals surface area (Å²) in [5, 5.41) is 13.4. The van der Waals surface area contributed by atoms with Crippen LogP contribution in [-0.2, 0) is 11.3 Å². The Bertz CT molecular complexity index is 965. The van der Waals surface area contributed by atoms with Crippen LogP contribution in [0.5, 0.6) is 0 Å². The first-order chi connectivity index (χ1) is 13.2. The number of nitrogens with one attached hydrogen (secondary N) is 1. The first-order valence-corrected chi connectivity index (χ1v) is 8.45. The smallest absolute Gasteiger partial charge is 0.355 e. The summed E-state index contributed by atoms with van der Waals surface area (Å²) in [7, 11) is 0. The highest BCUT2D eigenvalue weighted by molar-refractivity contribution is 6.08. The van der Waals surface area contributed by atoms with E-state index in [0.717, 1.165) is 12.1 Å². The number of nitro benzene ring substituents is 1. The number of aromatic nitrogens is 1. The molecule has 0 aliphatic carbocycles. The number of carbonyl (C=O) groups is 2. The summed E-state index contributed by atoms with van der Waals surface area (Å²) in [6, 6.07) is 3.06. The van der Waals surface area contributed by atoms with E-state index in [2.05, 4.69) is 11.9 Å². The molecule has 9 heteroatoms. The Kier molecular flexibility index (Phi) is 6.29. The van der Waals surface area contributed by atoms with Crippen LogP contribution in [0.4, 0.5) is 15.8 Å². The van der Waals surface area contributed by atoms with Crippen molar-refractivity contribution < 1.29 is 23.6 Å². The van der Waals surface area contributed by atoms with Gasteiger partial charge in [0, 0.05) is 24.0 Å². The second-order valence-corrected chi connectivity index (χ2v) is 5.93. The highest BCUT2D eigenvalue weighted by Crippen LogP contribution is 2.26. The molecule has 1 heterocycles. The van der Waals surface area contributed by atoms with E-state index >= 15 is 0 Å². The molecule has 0 fully saturated rings. The van der Waals surface area contributed by atoms with Crippen LogP contribution in [0, 0.1) is 29.8 Å². The van der Waals surface area contributed by atoms with Crippen molar-refractivity contribution in [3.8, 4) is 0 Å². The van der Waals surface area contributed by atoms with E-state index in [0.29, 0.717) is 11.3 Å². The third-order valence-corrected chi connectivity index (χ3v) is 4.18. The summed E-state index contributed by atoms with van der Waals surface area (Å²) >= 11 is 0. The maximum Gasteiger partial charge on any atom is 0.355 e. The van der Waals surface area contributed by atoms with Gasteiger partial charge in [0.25, 0.3) is 5.91 Å². The van der Waals surface area contributed by atoms with E-state index < -0.39 is 28.3 Å². The molecule has 1 amide bonds. The highest BCUT2D eigenvalue weighted by Gasteiger charge is 2.27. The average Bonchev–Trinajstić information content (AvgIpc) is 2.87. The van der Waals surface area contributed by atoms with Crippen LogP contribution in [0.25, 0.3) is 0 Å². The molecule has 0 atom stereocenters. The topological polar surface area (TPSA) is 103 Å². The fraction of sp³-hybridized carbons (Fsp3) is 0.263. The Morgan fingerprint density at radius 2 is 2.07 bits per heavy atom. The van der Waals surface area contributed by atoms with E-state index in [9.17, 15) is 24.1 Å². The van der Waals surface area contributed by atoms with Gasteiger partial charge < -0.3 is 14.6 Å². The maximum atomic E-state index is 13.5. The van der Waals surface area contributed by atoms with Gasteiger partial charge in [0.05, 0.1) is 17.1 Å². The van der Waals surface area contributed by atoms with E-state index in [1.54, 1.807) is 31.4 Å². The normalized spacial score (nSPS) is 10.4. The molecule has 28 heavy (non-hydrogen) atoms. The van der Waals surface area contributed by atoms with Gasteiger partial charge in [0.1, 0.15) is 5.69 Å². The number of amides is 1. The summed E-state index contributed by atoms with van der Waals surface area (Å²) in [6.07, 6.45) is 1.58. The van der Waals surface area contributed by atoms with Crippen molar-refractivity contribution in [2.45, 2.75) is 27.3 Å². The Balaban J connectivity index is 2.47. The number of nitro groups is 1. The van der Waals surface area contributed by atoms with Crippen molar-refractivity contribution in [2.75, 3.05) is 11.9 Å². The molecule has 0 spiro atoms. The minimum absolute atomic E-state index is 0.0612. The van der Waals surface area contributed by atoms with Gasteiger partial charge in [-0.1, -0.05) is 6.08 Å². The molecule has 0 radical (unpaired) electrons. The van der Waals surface area contributed by atoms with Crippen molar-refractivity contribution in [1.82, 2.24) is 4.57 Å². The first-order valence-electron chi connectivity index (χ1n) is 8.45. The molecule has 0 unspecified atom stereocenters. The number of hydrogen-bond acceptors (Lipinski definition) is 5. The molecule has 0 aliphatic rings. The molecule has 8 nitrogen and oxygen atoms in total. The minimum Gasteiger partial charge on any atom is -0.461 e. The number of benzene rings is 1. The van der Waals surface area contributed by atoms with Crippen molar-refractivity contribution in [1.29, 1.82) is 0 Å². The molecule has 148 valence electrons. The van der Waals surface area contributed by atoms with Gasteiger partial charge in [-0.25, -0.2) is 4.79 Å². The Morgan fingerprint density at radius 1 is 1.39 bits per heavy atom. The fourth-order valence-electron chi connectivity index (χ4n) is 2.97. The third-order valence-electron chi connectivity index (χ3n) is 4.18. The largest absolute Gasteiger partial charge is 0.461 e. The maximum absolute atomic E-state index is 13.5. The molecule has 2 aromatic rings. The van der Waals surface area contributed by atoms with Crippen LogP contribution in [0.1, 0.15) is 39.0 Å². The van der Waals surface area contributed by atoms with E-state index in [4.69, 9.17) is 4.74 Å². The number of anilines is 1. The number of hydrogen-bond donors (Lipinski definition) is 1. The van der Waals surface area contributed by atoms with Gasteiger partial charge in [0.15, 0.2) is 0 Å². The van der Waals surface area contributed by atoms with Crippen LogP contribution in [-0.4, -0.2) is 28.0 Å². The third kappa shape index (κ3) is 3.93. The second kappa shape index (κ2) is 8.47. The van der Waals surface area contributed by atoms with E-state index in [-0.39, 0.29) is 30.1 Å². The monoisotopic (exact) mass is 389 g/mol. The molecule has 2 rings (SSSR count). The zero-order valence-electron chi connectivity index (χ0n) is 15.7. The standard InChI is InChI=1S/C19H20FN3O5/c1-5-9-22-12(4)16(11(3)17(22)19(25)28-6-2)18(24)21-13-7-8-14(20)15(10-13)23(26)27/h5,7-8,10H,1,6,9H2,2-4H3,(H,21,24). The van der Waals surface area contributed by atoms with Gasteiger partial charge >= 0.3 is 11.7 Å². The van der Waals surface area contributed by atoms with E-state index in [1.165, 1.54) is 6.07 Å². The summed E-state index contributed by atoms with van der Waals surface area (Å²) in [5.41, 5.74) is 0.696. The van der Waals surface area contributed by atoms with Crippen molar-refractivity contribution in [2.24, 2.45) is 0 Å². The van der Waals surface area contributed by atoms with Crippen LogP contribution < -0.4 is 5.32 Å². The number of allylic oxidation sites excluding steroid dienone is 1. The summed E-state index contributed by atoms with van der Waals surface area (Å²) in [5.74, 6) is -2.15. The molecular formula is C19H20FN3O5. The van der Waals surface area contributed by atoms with Gasteiger partial charge in [0.2, 0.25) is 5.82 Å². The fourth-order valence-corrected chi connectivity index (χ4v) is 2.97. The quantitative estimate of drug-likeness (QED) is 0.336. The van der Waals surface area contributed by atoms with Crippen molar-refractivity contribution in [3.05, 3.63) is 69.3 Å². The Labute approximate surface area is 160 Å². The number of esters is 1. The average molecular weight is 389 g/mol. The SMILES string of the molecule is C=CCn1c(C)c(C(=O)Nc2ccc(F)c([N+](=O)[O-])c2)c(C)c1C(=O)OCC. The van der Waals surface area contributed by atoms with Crippen molar-refractivity contribution in [3.63, 3.8) is 0 Å². The lowest BCUT2D eigenvalue weighted by Crippen LogP contribution is -2.14. The van der Waals surface area contributed by atoms with Crippen molar-refractivity contribution >= 4 is 23.3 Å². The first kappa shape index (κ1) is 20.8. The molecular weight excluding hydrogens is 369 g/mol. The summed E-state index contributed by atoms with van der Waals surface area (Å²) in [4.78, 5) is 35.2. The molecule has 0 saturated carbocycles. The molecule has 1 aromatic carbocycles. The van der Waals surface area contributed by atoms with Crippen LogP contribution >= 0.6 is 0 Å². The van der Waals surface area contributed by atoms with Crippen LogP contribution in [0.2, 0.25) is 0 Å². The zero-order valence-corrected chi connectivity index (χ0v) is 15.7. The molecule has 0 aliphatic heterocycles. The minimum atomic E-state index is -1.00. The molecule has 0 bridgehead atoms. The number of nitrogens with zero attached hydrogens (tertiary/aromatic N) is 2. The Hall–Kier alpha value is -3.49. The molecule has 1 aromatic heterocycles. The van der Waals surface area contributed by atoms with E-state index in [1.807, 2.05) is 0 Å². The number of rotatable bonds is 7. The predicted octanol–water partition coefficient (Wildman–Crippen LogP) is 3.77. The number of ether oxygens (including phenoxy) is 1. The van der Waals surface area contributed by atoms with Gasteiger partial charge in [-0.2, -0.15) is 4.39 Å². The second-order valence-electron chi connectivity index (χ2n) is 5.93. The lowest BCUT2D eigenvalue weighted by Gasteiger charge is -2.09. The van der Waals surface area contributed by atoms with Gasteiger partial charge in [-0.15, -0.1) is 6.58 Å². The summed E-state index contributed by atoms with van der Waals surface area (Å²) in [6.45, 7) is 9.08. The summed E-state index contributed by atoms with van der Waals surface area (Å²) < 4.78 is 20.2. The predicted molar refractivity (Wildman–Crippen MR) is 101 cm³/mol. The van der Waals surface area contributed by atoms with Gasteiger partial charge in [-0.3, -0.25) is 14.9 Å². The lowest BCUT2D eigenvalue weighted by atomic mass is 10.1. The zero-order chi connectivity index (χ0) is 21.0. The highest BCUT2D eigenvalue weighted by atomic mass is 19.1. The van der Waals surface area contributed by atoms with Gasteiger partial charge in [-0.05, 0) is 38.5 Å².